The van der Waals surface area contributed by atoms with Crippen molar-refractivity contribution in [2.24, 2.45) is 0 Å². The Morgan fingerprint density at radius 1 is 0.611 bits per heavy atom. The van der Waals surface area contributed by atoms with E-state index in [4.69, 9.17) is 0 Å². The Bertz CT molecular complexity index is 1590. The fourth-order valence-corrected chi connectivity index (χ4v) is 6.54. The van der Waals surface area contributed by atoms with Gasteiger partial charge in [-0.05, 0) is 95.8 Å². The number of fused-ring (bicyclic) bond motifs is 3. The van der Waals surface area contributed by atoms with Crippen molar-refractivity contribution in [2.75, 3.05) is 9.44 Å². The van der Waals surface area contributed by atoms with Gasteiger partial charge in [-0.2, -0.15) is 0 Å². The third kappa shape index (κ3) is 4.48. The van der Waals surface area contributed by atoms with Crippen LogP contribution >= 0.6 is 0 Å². The molecule has 36 heavy (non-hydrogen) atoms. The van der Waals surface area contributed by atoms with Crippen LogP contribution in [0.25, 0.3) is 11.1 Å². The third-order valence-electron chi connectivity index (χ3n) is 6.09. The quantitative estimate of drug-likeness (QED) is 0.332. The van der Waals surface area contributed by atoms with Crippen LogP contribution in [-0.2, 0) is 20.0 Å². The molecule has 4 aromatic rings. The maximum atomic E-state index is 13.0. The molecule has 3 N–H and O–H groups in total. The van der Waals surface area contributed by atoms with E-state index < -0.39 is 26.2 Å². The van der Waals surface area contributed by atoms with Crippen molar-refractivity contribution in [3.8, 4) is 11.1 Å². The Morgan fingerprint density at radius 2 is 1.03 bits per heavy atom. The van der Waals surface area contributed by atoms with Crippen molar-refractivity contribution in [3.63, 3.8) is 0 Å². The van der Waals surface area contributed by atoms with Crippen molar-refractivity contribution in [3.05, 3.63) is 107 Å². The number of hydrogen-bond acceptors (Lipinski definition) is 5. The van der Waals surface area contributed by atoms with E-state index in [1.165, 1.54) is 24.3 Å². The van der Waals surface area contributed by atoms with E-state index in [1.54, 1.807) is 48.5 Å². The minimum atomic E-state index is -3.90. The summed E-state index contributed by atoms with van der Waals surface area (Å²) in [5, 5.41) is 11.0. The molecule has 0 spiro atoms. The minimum Gasteiger partial charge on any atom is -0.384 e. The number of aliphatic hydroxyl groups is 1. The van der Waals surface area contributed by atoms with Crippen LogP contribution in [0.4, 0.5) is 11.4 Å². The van der Waals surface area contributed by atoms with Crippen LogP contribution in [0.15, 0.2) is 94.7 Å². The van der Waals surface area contributed by atoms with Gasteiger partial charge in [-0.25, -0.2) is 16.8 Å². The molecular weight excluding hydrogens is 496 g/mol. The molecule has 184 valence electrons. The first-order valence-corrected chi connectivity index (χ1v) is 14.2. The zero-order chi connectivity index (χ0) is 25.7. The van der Waals surface area contributed by atoms with Gasteiger partial charge in [-0.1, -0.05) is 36.4 Å². The number of aliphatic hydroxyl groups excluding tert-OH is 1. The highest BCUT2D eigenvalue weighted by Crippen LogP contribution is 2.45. The molecule has 0 bridgehead atoms. The van der Waals surface area contributed by atoms with E-state index in [0.29, 0.717) is 33.6 Å². The second kappa shape index (κ2) is 8.77. The fraction of sp³-hybridized carbons (Fsp3) is 0.111. The second-order valence-electron chi connectivity index (χ2n) is 8.85. The summed E-state index contributed by atoms with van der Waals surface area (Å²) in [6.45, 7) is 3.73. The number of sulfonamides is 2. The van der Waals surface area contributed by atoms with E-state index in [9.17, 15) is 21.9 Å². The summed E-state index contributed by atoms with van der Waals surface area (Å²) in [7, 11) is -7.80. The van der Waals surface area contributed by atoms with E-state index >= 15 is 0 Å². The van der Waals surface area contributed by atoms with Crippen molar-refractivity contribution in [1.82, 2.24) is 0 Å². The Labute approximate surface area is 210 Å². The van der Waals surface area contributed by atoms with Gasteiger partial charge in [0.1, 0.15) is 6.10 Å². The predicted molar refractivity (Wildman–Crippen MR) is 140 cm³/mol. The maximum absolute atomic E-state index is 13.0. The molecule has 0 saturated carbocycles. The maximum Gasteiger partial charge on any atom is 0.261 e. The van der Waals surface area contributed by atoms with Gasteiger partial charge in [0.2, 0.25) is 0 Å². The topological polar surface area (TPSA) is 113 Å². The summed E-state index contributed by atoms with van der Waals surface area (Å²) in [6, 6.07) is 23.1. The van der Waals surface area contributed by atoms with Crippen LogP contribution in [-0.4, -0.2) is 21.9 Å². The smallest absolute Gasteiger partial charge is 0.261 e. The first-order valence-electron chi connectivity index (χ1n) is 11.2. The lowest BCUT2D eigenvalue weighted by Crippen LogP contribution is -2.13. The zero-order valence-corrected chi connectivity index (χ0v) is 21.2. The summed E-state index contributed by atoms with van der Waals surface area (Å²) in [5.74, 6) is 0. The molecule has 0 unspecified atom stereocenters. The summed E-state index contributed by atoms with van der Waals surface area (Å²) in [4.78, 5) is 0.00661. The predicted octanol–water partition coefficient (Wildman–Crippen LogP) is 4.97. The van der Waals surface area contributed by atoms with Gasteiger partial charge < -0.3 is 5.11 Å². The van der Waals surface area contributed by atoms with Crippen LogP contribution in [0.5, 0.6) is 0 Å². The molecule has 1 aliphatic rings. The molecule has 9 heteroatoms. The number of anilines is 2. The van der Waals surface area contributed by atoms with Crippen LogP contribution < -0.4 is 9.44 Å². The van der Waals surface area contributed by atoms with Crippen LogP contribution in [0.3, 0.4) is 0 Å². The molecular formula is C27H24N2O5S2. The summed E-state index contributed by atoms with van der Waals surface area (Å²) in [6.07, 6.45) is -1.17. The number of benzene rings is 4. The van der Waals surface area contributed by atoms with Crippen molar-refractivity contribution >= 4 is 31.4 Å². The standard InChI is InChI=1S/C27H24N2O5S2/c1-17-5-3-7-19(13-17)28-35(31,32)21-9-11-23-24-12-10-22(16-26(24)27(30)25(23)15-21)36(33,34)29-20-8-4-6-18(2)14-20/h3-16,27-30H,1-2H3. The highest BCUT2D eigenvalue weighted by atomic mass is 32.2. The number of nitrogens with one attached hydrogen (secondary N) is 2. The monoisotopic (exact) mass is 520 g/mol. The average molecular weight is 521 g/mol. The average Bonchev–Trinajstić information content (AvgIpc) is 3.10. The lowest BCUT2D eigenvalue weighted by Gasteiger charge is -2.12. The van der Waals surface area contributed by atoms with Crippen LogP contribution in [0.1, 0.15) is 28.4 Å². The second-order valence-corrected chi connectivity index (χ2v) is 12.2. The molecule has 0 amide bonds. The molecule has 1 aliphatic carbocycles. The number of rotatable bonds is 6. The number of aryl methyl sites for hydroxylation is 2. The Kier molecular flexibility index (Phi) is 5.86. The van der Waals surface area contributed by atoms with Gasteiger partial charge in [0.25, 0.3) is 20.0 Å². The van der Waals surface area contributed by atoms with Gasteiger partial charge in [-0.3, -0.25) is 9.44 Å². The molecule has 0 saturated heterocycles. The molecule has 4 aromatic carbocycles. The Morgan fingerprint density at radius 3 is 1.42 bits per heavy atom. The Hall–Kier alpha value is -3.66. The van der Waals surface area contributed by atoms with Crippen LogP contribution in [0.2, 0.25) is 0 Å². The fourth-order valence-electron chi connectivity index (χ4n) is 4.37. The molecule has 0 aliphatic heterocycles. The first-order chi connectivity index (χ1) is 17.0. The molecule has 5 rings (SSSR count). The largest absolute Gasteiger partial charge is 0.384 e. The molecule has 0 fully saturated rings. The molecule has 0 heterocycles. The zero-order valence-electron chi connectivity index (χ0n) is 19.6. The first kappa shape index (κ1) is 24.1. The van der Waals surface area contributed by atoms with E-state index in [2.05, 4.69) is 9.44 Å². The van der Waals surface area contributed by atoms with E-state index in [0.717, 1.165) is 11.1 Å². The minimum absolute atomic E-state index is 0.00331. The van der Waals surface area contributed by atoms with Crippen molar-refractivity contribution < 1.29 is 21.9 Å². The summed E-state index contributed by atoms with van der Waals surface area (Å²) >= 11 is 0. The summed E-state index contributed by atoms with van der Waals surface area (Å²) in [5.41, 5.74) is 4.82. The van der Waals surface area contributed by atoms with Gasteiger partial charge in [0, 0.05) is 11.4 Å². The highest BCUT2D eigenvalue weighted by molar-refractivity contribution is 7.93. The highest BCUT2D eigenvalue weighted by Gasteiger charge is 2.30. The van der Waals surface area contributed by atoms with E-state index in [-0.39, 0.29) is 9.79 Å². The molecule has 7 nitrogen and oxygen atoms in total. The third-order valence-corrected chi connectivity index (χ3v) is 8.84. The lowest BCUT2D eigenvalue weighted by atomic mass is 10.1. The lowest BCUT2D eigenvalue weighted by molar-refractivity contribution is 0.224. The van der Waals surface area contributed by atoms with E-state index in [1.807, 2.05) is 26.0 Å². The van der Waals surface area contributed by atoms with Gasteiger partial charge in [0.05, 0.1) is 9.79 Å². The SMILES string of the molecule is Cc1cccc(NS(=O)(=O)c2ccc3c(c2)C(O)c2cc(S(=O)(=O)Nc4cccc(C)c4)ccc2-3)c1. The van der Waals surface area contributed by atoms with Gasteiger partial charge in [0.15, 0.2) is 0 Å². The molecule has 0 aromatic heterocycles. The van der Waals surface area contributed by atoms with Crippen molar-refractivity contribution in [1.29, 1.82) is 0 Å². The normalized spacial score (nSPS) is 13.2. The van der Waals surface area contributed by atoms with Crippen LogP contribution in [0, 0.1) is 13.8 Å². The number of hydrogen-bond donors (Lipinski definition) is 3. The Balaban J connectivity index is 1.46. The van der Waals surface area contributed by atoms with Crippen molar-refractivity contribution in [2.45, 2.75) is 29.7 Å². The van der Waals surface area contributed by atoms with Gasteiger partial charge in [-0.15, -0.1) is 0 Å². The molecule has 0 radical (unpaired) electrons. The molecule has 0 atom stereocenters. The summed E-state index contributed by atoms with van der Waals surface area (Å²) < 4.78 is 57.1. The van der Waals surface area contributed by atoms with Gasteiger partial charge >= 0.3 is 0 Å².